The molecule has 0 fully saturated rings. The van der Waals surface area contributed by atoms with E-state index in [0.717, 1.165) is 12.6 Å². The van der Waals surface area contributed by atoms with Gasteiger partial charge < -0.3 is 11.1 Å². The third kappa shape index (κ3) is 4.66. The lowest BCUT2D eigenvalue weighted by molar-refractivity contribution is -0.403. The van der Waals surface area contributed by atoms with Crippen LogP contribution in [0.15, 0.2) is 42.4 Å². The van der Waals surface area contributed by atoms with Crippen LogP contribution in [0.4, 0.5) is 0 Å². The van der Waals surface area contributed by atoms with Crippen molar-refractivity contribution in [1.82, 2.24) is 5.32 Å². The Hall–Kier alpha value is -2.04. The summed E-state index contributed by atoms with van der Waals surface area (Å²) in [5.74, 6) is 0.0796. The van der Waals surface area contributed by atoms with E-state index in [4.69, 9.17) is 5.73 Å². The first-order chi connectivity index (χ1) is 7.18. The fourth-order valence-corrected chi connectivity index (χ4v) is 1.16. The van der Waals surface area contributed by atoms with Gasteiger partial charge in [-0.1, -0.05) is 30.3 Å². The molecular weight excluding hydrogens is 194 g/mol. The quantitative estimate of drug-likeness (QED) is 0.554. The average Bonchev–Trinajstić information content (AvgIpc) is 2.18. The summed E-state index contributed by atoms with van der Waals surface area (Å²) in [7, 11) is 0. The molecule has 0 spiro atoms. The van der Waals surface area contributed by atoms with Crippen molar-refractivity contribution in [1.29, 1.82) is 0 Å². The van der Waals surface area contributed by atoms with Crippen molar-refractivity contribution in [2.75, 3.05) is 6.54 Å². The Labute approximate surface area is 87.7 Å². The fraction of sp³-hybridized carbons (Fsp3) is 0.200. The summed E-state index contributed by atoms with van der Waals surface area (Å²) in [6, 6.07) is 9.83. The highest BCUT2D eigenvalue weighted by Gasteiger charge is 1.96. The summed E-state index contributed by atoms with van der Waals surface area (Å²) in [6.45, 7) is 0.584. The molecule has 1 aromatic rings. The second kappa shape index (κ2) is 5.64. The van der Waals surface area contributed by atoms with E-state index < -0.39 is 4.92 Å². The van der Waals surface area contributed by atoms with Gasteiger partial charge in [-0.3, -0.25) is 10.1 Å². The molecule has 0 aliphatic carbocycles. The lowest BCUT2D eigenvalue weighted by Gasteiger charge is -2.03. The molecule has 0 aliphatic rings. The molecule has 1 aromatic carbocycles. The molecule has 3 N–H and O–H groups in total. The van der Waals surface area contributed by atoms with Gasteiger partial charge in [-0.15, -0.1) is 0 Å². The third-order valence-electron chi connectivity index (χ3n) is 1.83. The lowest BCUT2D eigenvalue weighted by atomic mass is 10.1. The van der Waals surface area contributed by atoms with Crippen LogP contribution in [0.2, 0.25) is 0 Å². The number of hydrogen-bond acceptors (Lipinski definition) is 4. The lowest BCUT2D eigenvalue weighted by Crippen LogP contribution is -2.23. The van der Waals surface area contributed by atoms with Gasteiger partial charge in [-0.05, 0) is 12.0 Å². The number of nitrogens with two attached hydrogens (primary N) is 1. The van der Waals surface area contributed by atoms with Crippen molar-refractivity contribution in [3.63, 3.8) is 0 Å². The highest BCUT2D eigenvalue weighted by Crippen LogP contribution is 1.98. The Kier molecular flexibility index (Phi) is 4.15. The maximum Gasteiger partial charge on any atom is 0.273 e. The van der Waals surface area contributed by atoms with Gasteiger partial charge in [0, 0.05) is 6.54 Å². The van der Waals surface area contributed by atoms with E-state index >= 15 is 0 Å². The van der Waals surface area contributed by atoms with Crippen LogP contribution in [-0.2, 0) is 6.42 Å². The molecule has 0 bridgehead atoms. The summed E-state index contributed by atoms with van der Waals surface area (Å²) in [5.41, 5.74) is 6.51. The summed E-state index contributed by atoms with van der Waals surface area (Å²) >= 11 is 0. The van der Waals surface area contributed by atoms with E-state index in [2.05, 4.69) is 5.32 Å². The predicted molar refractivity (Wildman–Crippen MR) is 57.4 cm³/mol. The molecule has 15 heavy (non-hydrogen) atoms. The van der Waals surface area contributed by atoms with Gasteiger partial charge in [0.25, 0.3) is 6.20 Å². The van der Waals surface area contributed by atoms with Crippen LogP contribution >= 0.6 is 0 Å². The molecule has 0 heterocycles. The maximum absolute atomic E-state index is 10.1. The number of hydrogen-bond donors (Lipinski definition) is 2. The molecule has 0 atom stereocenters. The molecule has 0 aliphatic heterocycles. The molecule has 5 heteroatoms. The second-order valence-electron chi connectivity index (χ2n) is 3.03. The normalized spacial score (nSPS) is 11.1. The minimum Gasteiger partial charge on any atom is -0.380 e. The minimum atomic E-state index is -0.579. The van der Waals surface area contributed by atoms with Gasteiger partial charge in [-0.2, -0.15) is 0 Å². The molecule has 1 rings (SSSR count). The van der Waals surface area contributed by atoms with Crippen molar-refractivity contribution in [3.05, 3.63) is 58.0 Å². The molecule has 0 saturated carbocycles. The first-order valence-corrected chi connectivity index (χ1v) is 4.57. The molecule has 80 valence electrons. The standard InChI is InChI=1S/C10H13N3O2/c11-10(8-13(14)15)12-7-6-9-4-2-1-3-5-9/h1-5,8,12H,6-7,11H2/b10-8+. The number of benzene rings is 1. The molecule has 0 aromatic heterocycles. The molecule has 0 radical (unpaired) electrons. The number of rotatable bonds is 5. The van der Waals surface area contributed by atoms with Crippen LogP contribution in [-0.4, -0.2) is 11.5 Å². The van der Waals surface area contributed by atoms with Crippen LogP contribution in [0.3, 0.4) is 0 Å². The largest absolute Gasteiger partial charge is 0.380 e. The zero-order chi connectivity index (χ0) is 11.1. The highest BCUT2D eigenvalue weighted by atomic mass is 16.6. The van der Waals surface area contributed by atoms with Crippen LogP contribution < -0.4 is 11.1 Å². The van der Waals surface area contributed by atoms with E-state index in [0.29, 0.717) is 6.54 Å². The summed E-state index contributed by atoms with van der Waals surface area (Å²) in [5, 5.41) is 12.8. The van der Waals surface area contributed by atoms with Crippen molar-refractivity contribution in [2.24, 2.45) is 5.73 Å². The summed E-state index contributed by atoms with van der Waals surface area (Å²) < 4.78 is 0. The summed E-state index contributed by atoms with van der Waals surface area (Å²) in [4.78, 5) is 9.47. The van der Waals surface area contributed by atoms with Gasteiger partial charge in [0.1, 0.15) is 0 Å². The van der Waals surface area contributed by atoms with Gasteiger partial charge in [0.2, 0.25) is 0 Å². The van der Waals surface area contributed by atoms with Crippen molar-refractivity contribution in [2.45, 2.75) is 6.42 Å². The Bertz CT molecular complexity index is 349. The Morgan fingerprint density at radius 3 is 2.73 bits per heavy atom. The molecule has 0 saturated heterocycles. The summed E-state index contributed by atoms with van der Waals surface area (Å²) in [6.07, 6.45) is 1.54. The zero-order valence-electron chi connectivity index (χ0n) is 8.22. The van der Waals surface area contributed by atoms with Gasteiger partial charge in [0.15, 0.2) is 5.82 Å². The van der Waals surface area contributed by atoms with Crippen LogP contribution in [0.5, 0.6) is 0 Å². The van der Waals surface area contributed by atoms with E-state index in [1.807, 2.05) is 30.3 Å². The Morgan fingerprint density at radius 2 is 2.13 bits per heavy atom. The Morgan fingerprint density at radius 1 is 1.47 bits per heavy atom. The van der Waals surface area contributed by atoms with E-state index in [-0.39, 0.29) is 5.82 Å². The number of nitro groups is 1. The maximum atomic E-state index is 10.1. The molecular formula is C10H13N3O2. The van der Waals surface area contributed by atoms with Crippen molar-refractivity contribution < 1.29 is 4.92 Å². The smallest absolute Gasteiger partial charge is 0.273 e. The monoisotopic (exact) mass is 207 g/mol. The number of nitrogens with zero attached hydrogens (tertiary/aromatic N) is 1. The average molecular weight is 207 g/mol. The molecule has 0 unspecified atom stereocenters. The first-order valence-electron chi connectivity index (χ1n) is 4.57. The van der Waals surface area contributed by atoms with Crippen LogP contribution in [0.25, 0.3) is 0 Å². The van der Waals surface area contributed by atoms with Gasteiger partial charge in [-0.25, -0.2) is 0 Å². The molecule has 5 nitrogen and oxygen atoms in total. The van der Waals surface area contributed by atoms with Gasteiger partial charge >= 0.3 is 0 Å². The van der Waals surface area contributed by atoms with Crippen LogP contribution in [0, 0.1) is 10.1 Å². The van der Waals surface area contributed by atoms with E-state index in [1.165, 1.54) is 5.56 Å². The second-order valence-corrected chi connectivity index (χ2v) is 3.03. The third-order valence-corrected chi connectivity index (χ3v) is 1.83. The molecule has 0 amide bonds. The predicted octanol–water partition coefficient (Wildman–Crippen LogP) is 0.853. The Balaban J connectivity index is 2.31. The van der Waals surface area contributed by atoms with Gasteiger partial charge in [0.05, 0.1) is 4.92 Å². The van der Waals surface area contributed by atoms with E-state index in [1.54, 1.807) is 0 Å². The topological polar surface area (TPSA) is 81.2 Å². The number of nitrogens with one attached hydrogen (secondary N) is 1. The zero-order valence-corrected chi connectivity index (χ0v) is 8.22. The van der Waals surface area contributed by atoms with Crippen LogP contribution in [0.1, 0.15) is 5.56 Å². The van der Waals surface area contributed by atoms with E-state index in [9.17, 15) is 10.1 Å². The highest BCUT2D eigenvalue weighted by molar-refractivity contribution is 5.15. The fourth-order valence-electron chi connectivity index (χ4n) is 1.16. The first kappa shape index (κ1) is 11.0. The minimum absolute atomic E-state index is 0.0796. The van der Waals surface area contributed by atoms with Crippen molar-refractivity contribution in [3.8, 4) is 0 Å². The SMILES string of the molecule is N/C(=C\[N+](=O)[O-])NCCc1ccccc1. The van der Waals surface area contributed by atoms with Crippen molar-refractivity contribution >= 4 is 0 Å².